The van der Waals surface area contributed by atoms with E-state index in [2.05, 4.69) is 22.0 Å². The molecule has 7 heteroatoms. The molecule has 0 heterocycles. The first-order valence-corrected chi connectivity index (χ1v) is 8.26. The third kappa shape index (κ3) is 4.77. The molecule has 1 N–H and O–H groups in total. The Bertz CT molecular complexity index is 886. The summed E-state index contributed by atoms with van der Waals surface area (Å²) in [6, 6.07) is 12.4. The van der Waals surface area contributed by atoms with Gasteiger partial charge in [0.25, 0.3) is 0 Å². The number of nitriles is 1. The molecule has 0 unspecified atom stereocenters. The number of halogens is 1. The molecule has 2 aromatic carbocycles. The molecule has 26 heavy (non-hydrogen) atoms. The number of hydrogen-bond donors (Lipinski definition) is 1. The number of rotatable bonds is 7. The van der Waals surface area contributed by atoms with Crippen molar-refractivity contribution in [2.45, 2.75) is 0 Å². The van der Waals surface area contributed by atoms with Gasteiger partial charge in [-0.2, -0.15) is 5.26 Å². The number of methoxy groups -OCH3 is 2. The van der Waals surface area contributed by atoms with E-state index < -0.39 is 12.6 Å². The van der Waals surface area contributed by atoms with E-state index in [-0.39, 0.29) is 0 Å². The molecule has 0 saturated carbocycles. The van der Waals surface area contributed by atoms with Crippen molar-refractivity contribution in [1.82, 2.24) is 0 Å². The van der Waals surface area contributed by atoms with Crippen molar-refractivity contribution in [2.24, 2.45) is 0 Å². The molecule has 0 aliphatic heterocycles. The summed E-state index contributed by atoms with van der Waals surface area (Å²) in [6.07, 6.45) is 1.63. The Morgan fingerprint density at radius 3 is 2.46 bits per heavy atom. The molecular formula is C19H16BrNO5. The van der Waals surface area contributed by atoms with E-state index in [0.717, 1.165) is 4.47 Å². The van der Waals surface area contributed by atoms with Crippen LogP contribution in [0.2, 0.25) is 0 Å². The third-order valence-corrected chi connectivity index (χ3v) is 3.93. The predicted octanol–water partition coefficient (Wildman–Crippen LogP) is 3.99. The van der Waals surface area contributed by atoms with E-state index in [9.17, 15) is 10.1 Å². The number of benzene rings is 2. The number of allylic oxidation sites excluding steroid dienone is 1. The number of carbonyl (C=O) groups is 1. The average Bonchev–Trinajstić information content (AvgIpc) is 2.64. The standard InChI is InChI=1S/C19H16BrNO5/c1-24-17-5-3-12(9-18(17)25-2)14(10-21)7-13-8-15(20)4-6-16(13)26-11-19(22)23/h3-9H,11H2,1-2H3,(H,22,23)/b14-7+. The highest BCUT2D eigenvalue weighted by Crippen LogP contribution is 2.32. The summed E-state index contributed by atoms with van der Waals surface area (Å²) < 4.78 is 16.5. The Labute approximate surface area is 159 Å². The summed E-state index contributed by atoms with van der Waals surface area (Å²) in [5.74, 6) is 0.344. The van der Waals surface area contributed by atoms with Gasteiger partial charge >= 0.3 is 5.97 Å². The SMILES string of the molecule is COc1ccc(/C(C#N)=C/c2cc(Br)ccc2OCC(=O)O)cc1OC. The van der Waals surface area contributed by atoms with Crippen LogP contribution in [0.25, 0.3) is 11.6 Å². The van der Waals surface area contributed by atoms with Crippen molar-refractivity contribution in [3.05, 3.63) is 52.0 Å². The zero-order chi connectivity index (χ0) is 19.1. The summed E-state index contributed by atoms with van der Waals surface area (Å²) in [5, 5.41) is 18.4. The predicted molar refractivity (Wildman–Crippen MR) is 100 cm³/mol. The molecular weight excluding hydrogens is 402 g/mol. The normalized spacial score (nSPS) is 10.8. The van der Waals surface area contributed by atoms with Gasteiger partial charge in [0.1, 0.15) is 5.75 Å². The van der Waals surface area contributed by atoms with Gasteiger partial charge in [0.15, 0.2) is 18.1 Å². The second-order valence-corrected chi connectivity index (χ2v) is 6.02. The summed E-state index contributed by atoms with van der Waals surface area (Å²) in [6.45, 7) is -0.472. The van der Waals surface area contributed by atoms with Crippen LogP contribution in [0.15, 0.2) is 40.9 Å². The highest BCUT2D eigenvalue weighted by molar-refractivity contribution is 9.10. The zero-order valence-electron chi connectivity index (χ0n) is 14.2. The van der Waals surface area contributed by atoms with Gasteiger partial charge in [0.2, 0.25) is 0 Å². The lowest BCUT2D eigenvalue weighted by Gasteiger charge is -2.10. The molecule has 0 aromatic heterocycles. The highest BCUT2D eigenvalue weighted by Gasteiger charge is 2.11. The van der Waals surface area contributed by atoms with Crippen LogP contribution >= 0.6 is 15.9 Å². The lowest BCUT2D eigenvalue weighted by molar-refractivity contribution is -0.139. The van der Waals surface area contributed by atoms with Gasteiger partial charge in [0, 0.05) is 10.0 Å². The zero-order valence-corrected chi connectivity index (χ0v) is 15.7. The Balaban J connectivity index is 2.47. The molecule has 0 aliphatic carbocycles. The minimum absolute atomic E-state index is 0.365. The average molecular weight is 418 g/mol. The molecule has 2 rings (SSSR count). The molecule has 2 aromatic rings. The molecule has 0 radical (unpaired) electrons. The third-order valence-electron chi connectivity index (χ3n) is 3.44. The van der Waals surface area contributed by atoms with Crippen LogP contribution in [0.5, 0.6) is 17.2 Å². The molecule has 0 aliphatic rings. The second kappa shape index (κ2) is 8.92. The van der Waals surface area contributed by atoms with Crippen LogP contribution in [0.4, 0.5) is 0 Å². The van der Waals surface area contributed by atoms with E-state index in [0.29, 0.717) is 33.9 Å². The fourth-order valence-corrected chi connectivity index (χ4v) is 2.62. The van der Waals surface area contributed by atoms with Crippen molar-refractivity contribution in [1.29, 1.82) is 5.26 Å². The Morgan fingerprint density at radius 1 is 1.15 bits per heavy atom. The van der Waals surface area contributed by atoms with Crippen molar-refractivity contribution in [3.8, 4) is 23.3 Å². The summed E-state index contributed by atoms with van der Waals surface area (Å²) in [7, 11) is 3.05. The fraction of sp³-hybridized carbons (Fsp3) is 0.158. The van der Waals surface area contributed by atoms with Gasteiger partial charge in [0.05, 0.1) is 25.9 Å². The van der Waals surface area contributed by atoms with Crippen LogP contribution in [0, 0.1) is 11.3 Å². The minimum Gasteiger partial charge on any atom is -0.493 e. The number of aliphatic carboxylic acids is 1. The van der Waals surface area contributed by atoms with Crippen LogP contribution in [-0.4, -0.2) is 31.9 Å². The van der Waals surface area contributed by atoms with E-state index in [4.69, 9.17) is 19.3 Å². The van der Waals surface area contributed by atoms with Crippen LogP contribution in [0.3, 0.4) is 0 Å². The largest absolute Gasteiger partial charge is 0.493 e. The summed E-state index contributed by atoms with van der Waals surface area (Å²) in [4.78, 5) is 10.8. The first-order chi connectivity index (χ1) is 12.5. The molecule has 0 bridgehead atoms. The molecule has 0 atom stereocenters. The van der Waals surface area contributed by atoms with Gasteiger partial charge in [-0.1, -0.05) is 15.9 Å². The van der Waals surface area contributed by atoms with Crippen molar-refractivity contribution < 1.29 is 24.1 Å². The van der Waals surface area contributed by atoms with Crippen molar-refractivity contribution in [2.75, 3.05) is 20.8 Å². The van der Waals surface area contributed by atoms with E-state index in [1.54, 1.807) is 42.5 Å². The lowest BCUT2D eigenvalue weighted by Crippen LogP contribution is -2.10. The molecule has 0 saturated heterocycles. The van der Waals surface area contributed by atoms with E-state index >= 15 is 0 Å². The van der Waals surface area contributed by atoms with Crippen molar-refractivity contribution in [3.63, 3.8) is 0 Å². The second-order valence-electron chi connectivity index (χ2n) is 5.10. The van der Waals surface area contributed by atoms with Crippen LogP contribution in [0.1, 0.15) is 11.1 Å². The minimum atomic E-state index is -1.08. The number of hydrogen-bond acceptors (Lipinski definition) is 5. The molecule has 134 valence electrons. The number of carboxylic acid groups (broad SMARTS) is 1. The fourth-order valence-electron chi connectivity index (χ4n) is 2.24. The van der Waals surface area contributed by atoms with Gasteiger partial charge in [-0.05, 0) is 48.0 Å². The van der Waals surface area contributed by atoms with Gasteiger partial charge < -0.3 is 19.3 Å². The van der Waals surface area contributed by atoms with Gasteiger partial charge in [-0.25, -0.2) is 4.79 Å². The monoisotopic (exact) mass is 417 g/mol. The first kappa shape index (κ1) is 19.3. The highest BCUT2D eigenvalue weighted by atomic mass is 79.9. The van der Waals surface area contributed by atoms with Crippen molar-refractivity contribution >= 4 is 33.5 Å². The molecule has 6 nitrogen and oxygen atoms in total. The van der Waals surface area contributed by atoms with Gasteiger partial charge in [-0.15, -0.1) is 0 Å². The van der Waals surface area contributed by atoms with Gasteiger partial charge in [-0.3, -0.25) is 0 Å². The maximum Gasteiger partial charge on any atom is 0.341 e. The van der Waals surface area contributed by atoms with E-state index in [1.165, 1.54) is 14.2 Å². The molecule has 0 fully saturated rings. The van der Waals surface area contributed by atoms with Crippen LogP contribution in [-0.2, 0) is 4.79 Å². The number of ether oxygens (including phenoxy) is 3. The maximum absolute atomic E-state index is 10.8. The first-order valence-electron chi connectivity index (χ1n) is 7.46. The quantitative estimate of drug-likeness (QED) is 0.540. The maximum atomic E-state index is 10.8. The lowest BCUT2D eigenvalue weighted by atomic mass is 10.0. The van der Waals surface area contributed by atoms with Crippen LogP contribution < -0.4 is 14.2 Å². The molecule has 0 amide bonds. The Morgan fingerprint density at radius 2 is 1.85 bits per heavy atom. The Kier molecular flexibility index (Phi) is 6.64. The number of nitrogens with zero attached hydrogens (tertiary/aromatic N) is 1. The smallest absolute Gasteiger partial charge is 0.341 e. The topological polar surface area (TPSA) is 88.8 Å². The summed E-state index contributed by atoms with van der Waals surface area (Å²) >= 11 is 3.37. The summed E-state index contributed by atoms with van der Waals surface area (Å²) in [5.41, 5.74) is 1.57. The van der Waals surface area contributed by atoms with E-state index in [1.807, 2.05) is 0 Å². The number of carboxylic acids is 1. The Hall–Kier alpha value is -2.98. The molecule has 0 spiro atoms.